The number of hydrogen-bond donors (Lipinski definition) is 0. The van der Waals surface area contributed by atoms with Crippen molar-refractivity contribution in [2.45, 2.75) is 354 Å². The van der Waals surface area contributed by atoms with E-state index in [4.69, 9.17) is 14.2 Å². The van der Waals surface area contributed by atoms with Crippen molar-refractivity contribution in [3.05, 3.63) is 72.9 Å². The van der Waals surface area contributed by atoms with Gasteiger partial charge in [-0.1, -0.05) is 312 Å². The number of carbonyl (C=O) groups excluding carboxylic acids is 3. The van der Waals surface area contributed by atoms with Crippen LogP contribution in [0.5, 0.6) is 0 Å². The van der Waals surface area contributed by atoms with E-state index in [2.05, 4.69) is 93.7 Å². The Kier molecular flexibility index (Phi) is 63.7. The molecule has 0 aliphatic carbocycles. The topological polar surface area (TPSA) is 78.9 Å². The van der Waals surface area contributed by atoms with Crippen molar-refractivity contribution in [1.29, 1.82) is 0 Å². The lowest BCUT2D eigenvalue weighted by atomic mass is 10.0. The number of ether oxygens (including phenoxy) is 3. The van der Waals surface area contributed by atoms with E-state index < -0.39 is 6.10 Å². The van der Waals surface area contributed by atoms with Crippen molar-refractivity contribution in [2.24, 2.45) is 0 Å². The Morgan fingerprint density at radius 2 is 0.500 bits per heavy atom. The molecule has 0 aliphatic rings. The summed E-state index contributed by atoms with van der Waals surface area (Å²) in [5.41, 5.74) is 0. The minimum absolute atomic E-state index is 0.0752. The van der Waals surface area contributed by atoms with Gasteiger partial charge in [-0.2, -0.15) is 0 Å². The van der Waals surface area contributed by atoms with Gasteiger partial charge in [0.2, 0.25) is 0 Å². The van der Waals surface area contributed by atoms with Crippen LogP contribution in [0.3, 0.4) is 0 Å². The summed E-state index contributed by atoms with van der Waals surface area (Å²) < 4.78 is 17.0. The molecule has 0 aromatic heterocycles. The summed E-state index contributed by atoms with van der Waals surface area (Å²) in [5, 5.41) is 0. The fourth-order valence-electron chi connectivity index (χ4n) is 9.88. The van der Waals surface area contributed by atoms with Crippen molar-refractivity contribution in [2.75, 3.05) is 13.2 Å². The van der Waals surface area contributed by atoms with Gasteiger partial charge in [-0.15, -0.1) is 0 Å². The lowest BCUT2D eigenvalue weighted by molar-refractivity contribution is -0.167. The van der Waals surface area contributed by atoms with Gasteiger partial charge >= 0.3 is 17.9 Å². The molecule has 0 fully saturated rings. The summed E-state index contributed by atoms with van der Waals surface area (Å²) in [6.07, 6.45) is 86.2. The zero-order valence-corrected chi connectivity index (χ0v) is 51.9. The fraction of sp³-hybridized carbons (Fsp3) is 0.792. The molecule has 0 spiro atoms. The SMILES string of the molecule is CC/C=C\C/C=C\C/C=C\C/C=C\CCCCCCCCCCCCCCC(=O)OCC(COC(=O)CCCCCCCCC/C=C\C/C=C\CCCCC)OC(=O)CCCCCCCCCCCCCCCCCCCC. The van der Waals surface area contributed by atoms with Crippen LogP contribution in [0.4, 0.5) is 0 Å². The van der Waals surface area contributed by atoms with Gasteiger partial charge in [0.1, 0.15) is 13.2 Å². The first-order valence-corrected chi connectivity index (χ1v) is 33.9. The Morgan fingerprint density at radius 3 is 0.808 bits per heavy atom. The maximum Gasteiger partial charge on any atom is 0.306 e. The summed E-state index contributed by atoms with van der Waals surface area (Å²) in [6.45, 7) is 6.55. The second-order valence-corrected chi connectivity index (χ2v) is 22.7. The molecule has 1 atom stereocenters. The number of rotatable bonds is 62. The van der Waals surface area contributed by atoms with Crippen molar-refractivity contribution in [1.82, 2.24) is 0 Å². The number of allylic oxidation sites excluding steroid dienone is 12. The molecular weight excluding hydrogens is 961 g/mol. The Hall–Kier alpha value is -3.15. The van der Waals surface area contributed by atoms with E-state index in [1.807, 2.05) is 0 Å². The Morgan fingerprint density at radius 1 is 0.269 bits per heavy atom. The summed E-state index contributed by atoms with van der Waals surface area (Å²) in [5.74, 6) is -0.863. The lowest BCUT2D eigenvalue weighted by Gasteiger charge is -2.18. The molecule has 0 saturated carbocycles. The third kappa shape index (κ3) is 63.7. The van der Waals surface area contributed by atoms with E-state index in [1.54, 1.807) is 0 Å². The van der Waals surface area contributed by atoms with Crippen LogP contribution in [0.25, 0.3) is 0 Å². The molecule has 452 valence electrons. The molecule has 0 aromatic rings. The minimum Gasteiger partial charge on any atom is -0.462 e. The number of hydrogen-bond acceptors (Lipinski definition) is 6. The standard InChI is InChI=1S/C72H128O6/c1-4-7-10-13-16-19-22-25-28-31-33-34-35-36-37-38-39-42-44-47-50-53-56-59-62-65-71(74)77-68-69(67-76-70(73)64-61-58-55-52-49-46-43-40-30-27-24-21-18-15-12-9-6-3)78-72(75)66-63-60-57-54-51-48-45-41-32-29-26-23-20-17-14-11-8-5-2/h7,10,16,18-19,21,25,27-28,30,33-34,69H,4-6,8-9,11-15,17,20,22-24,26,29,31-32,35-68H2,1-3H3/b10-7-,19-16-,21-18-,28-25-,30-27-,34-33-. The highest BCUT2D eigenvalue weighted by Crippen LogP contribution is 2.18. The number of esters is 3. The molecule has 0 heterocycles. The van der Waals surface area contributed by atoms with E-state index in [0.717, 1.165) is 96.3 Å². The highest BCUT2D eigenvalue weighted by atomic mass is 16.6. The first kappa shape index (κ1) is 74.8. The van der Waals surface area contributed by atoms with Crippen molar-refractivity contribution < 1.29 is 28.6 Å². The van der Waals surface area contributed by atoms with Gasteiger partial charge in [0, 0.05) is 19.3 Å². The highest BCUT2D eigenvalue weighted by Gasteiger charge is 2.19. The molecule has 0 rings (SSSR count). The average Bonchev–Trinajstić information content (AvgIpc) is 3.44. The molecule has 0 radical (unpaired) electrons. The molecule has 0 aliphatic heterocycles. The van der Waals surface area contributed by atoms with Crippen LogP contribution in [0.1, 0.15) is 348 Å². The molecule has 78 heavy (non-hydrogen) atoms. The number of carbonyl (C=O) groups is 3. The van der Waals surface area contributed by atoms with Crippen LogP contribution in [0.2, 0.25) is 0 Å². The Labute approximate surface area is 484 Å². The van der Waals surface area contributed by atoms with Gasteiger partial charge < -0.3 is 14.2 Å². The van der Waals surface area contributed by atoms with E-state index in [1.165, 1.54) is 212 Å². The molecule has 1 unspecified atom stereocenters. The van der Waals surface area contributed by atoms with Crippen LogP contribution in [0, 0.1) is 0 Å². The quantitative estimate of drug-likeness (QED) is 0.0261. The Bertz CT molecular complexity index is 1440. The smallest absolute Gasteiger partial charge is 0.306 e. The molecule has 0 N–H and O–H groups in total. The van der Waals surface area contributed by atoms with Crippen molar-refractivity contribution in [3.8, 4) is 0 Å². The largest absolute Gasteiger partial charge is 0.462 e. The van der Waals surface area contributed by atoms with Gasteiger partial charge in [0.25, 0.3) is 0 Å². The second-order valence-electron chi connectivity index (χ2n) is 22.7. The molecule has 0 saturated heterocycles. The maximum atomic E-state index is 12.9. The normalized spacial score (nSPS) is 12.5. The first-order chi connectivity index (χ1) is 38.5. The zero-order chi connectivity index (χ0) is 56.4. The second kappa shape index (κ2) is 66.4. The summed E-state index contributed by atoms with van der Waals surface area (Å²) in [6, 6.07) is 0. The maximum absolute atomic E-state index is 12.9. The molecule has 0 amide bonds. The van der Waals surface area contributed by atoms with Crippen molar-refractivity contribution in [3.63, 3.8) is 0 Å². The van der Waals surface area contributed by atoms with Gasteiger partial charge in [-0.3, -0.25) is 14.4 Å². The van der Waals surface area contributed by atoms with Crippen LogP contribution in [0.15, 0.2) is 72.9 Å². The van der Waals surface area contributed by atoms with E-state index in [9.17, 15) is 14.4 Å². The van der Waals surface area contributed by atoms with Gasteiger partial charge in [0.15, 0.2) is 6.10 Å². The first-order valence-electron chi connectivity index (χ1n) is 33.9. The van der Waals surface area contributed by atoms with Gasteiger partial charge in [-0.05, 0) is 89.9 Å². The van der Waals surface area contributed by atoms with Crippen LogP contribution >= 0.6 is 0 Å². The molecule has 0 aromatic carbocycles. The summed E-state index contributed by atoms with van der Waals surface area (Å²) in [7, 11) is 0. The molecule has 6 heteroatoms. The molecule has 0 bridgehead atoms. The third-order valence-electron chi connectivity index (χ3n) is 14.9. The van der Waals surface area contributed by atoms with Crippen LogP contribution in [-0.4, -0.2) is 37.2 Å². The van der Waals surface area contributed by atoms with Crippen molar-refractivity contribution >= 4 is 17.9 Å². The zero-order valence-electron chi connectivity index (χ0n) is 51.9. The minimum atomic E-state index is -0.779. The molecular formula is C72H128O6. The number of unbranched alkanes of at least 4 members (excludes halogenated alkanes) is 39. The van der Waals surface area contributed by atoms with Crippen LogP contribution < -0.4 is 0 Å². The summed E-state index contributed by atoms with van der Waals surface area (Å²) in [4.78, 5) is 38.4. The predicted molar refractivity (Wildman–Crippen MR) is 339 cm³/mol. The monoisotopic (exact) mass is 1090 g/mol. The van der Waals surface area contributed by atoms with E-state index in [0.29, 0.717) is 19.3 Å². The fourth-order valence-corrected chi connectivity index (χ4v) is 9.88. The van der Waals surface area contributed by atoms with Crippen LogP contribution in [-0.2, 0) is 28.6 Å². The third-order valence-corrected chi connectivity index (χ3v) is 14.9. The van der Waals surface area contributed by atoms with Gasteiger partial charge in [0.05, 0.1) is 0 Å². The highest BCUT2D eigenvalue weighted by molar-refractivity contribution is 5.71. The average molecular weight is 1090 g/mol. The van der Waals surface area contributed by atoms with Gasteiger partial charge in [-0.25, -0.2) is 0 Å². The predicted octanol–water partition coefficient (Wildman–Crippen LogP) is 23.3. The molecule has 6 nitrogen and oxygen atoms in total. The summed E-state index contributed by atoms with van der Waals surface area (Å²) >= 11 is 0. The lowest BCUT2D eigenvalue weighted by Crippen LogP contribution is -2.30. The Balaban J connectivity index is 4.32. The van der Waals surface area contributed by atoms with E-state index in [-0.39, 0.29) is 31.1 Å². The van der Waals surface area contributed by atoms with E-state index >= 15 is 0 Å².